The van der Waals surface area contributed by atoms with Crippen LogP contribution < -0.4 is 0 Å². The third kappa shape index (κ3) is 22.5. The summed E-state index contributed by atoms with van der Waals surface area (Å²) in [5.74, 6) is -0.891. The first-order valence-electron chi connectivity index (χ1n) is 3.89. The Morgan fingerprint density at radius 2 is 2.00 bits per heavy atom. The van der Waals surface area contributed by atoms with Gasteiger partial charge in [0.2, 0.25) is 0 Å². The van der Waals surface area contributed by atoms with E-state index in [1.54, 1.807) is 13.8 Å². The summed E-state index contributed by atoms with van der Waals surface area (Å²) in [4.78, 5) is 25.6. The van der Waals surface area contributed by atoms with E-state index in [4.69, 9.17) is 14.9 Å². The maximum Gasteiger partial charge on any atom is 0.469 e. The van der Waals surface area contributed by atoms with Crippen molar-refractivity contribution in [1.82, 2.24) is 0 Å². The van der Waals surface area contributed by atoms with Crippen molar-refractivity contribution >= 4 is 13.8 Å². The molecule has 0 heterocycles. The predicted octanol–water partition coefficient (Wildman–Crippen LogP) is 1.15. The largest absolute Gasteiger partial charge is 0.478 e. The molecule has 0 saturated carbocycles. The van der Waals surface area contributed by atoms with Crippen LogP contribution in [0.5, 0.6) is 0 Å². The van der Waals surface area contributed by atoms with Gasteiger partial charge in [0.25, 0.3) is 0 Å². The molecular weight excluding hydrogens is 211 g/mol. The first kappa shape index (κ1) is 15.8. The van der Waals surface area contributed by atoms with Crippen LogP contribution in [0, 0.1) is 0 Å². The van der Waals surface area contributed by atoms with E-state index in [1.165, 1.54) is 6.08 Å². The second kappa shape index (κ2) is 8.90. The fourth-order valence-electron chi connectivity index (χ4n) is 0.353. The van der Waals surface area contributed by atoms with E-state index in [0.717, 1.165) is 6.08 Å². The van der Waals surface area contributed by atoms with E-state index in [2.05, 4.69) is 4.52 Å². The standard InChI is InChI=1S/C4H6O2.C3H9O4P/c1-2-3-4(5)6;1-2-3-7-8(4,5)6/h2-3H,1H3,(H,5,6);2-3H2,1H3,(H2,4,5,6). The van der Waals surface area contributed by atoms with Gasteiger partial charge in [0, 0.05) is 6.08 Å². The smallest absolute Gasteiger partial charge is 0.469 e. The first-order valence-corrected chi connectivity index (χ1v) is 5.42. The Kier molecular flexibility index (Phi) is 10.0. The van der Waals surface area contributed by atoms with Crippen LogP contribution in [0.2, 0.25) is 0 Å². The Morgan fingerprint density at radius 1 is 1.50 bits per heavy atom. The third-order valence-corrected chi connectivity index (χ3v) is 1.29. The van der Waals surface area contributed by atoms with E-state index in [-0.39, 0.29) is 6.61 Å². The lowest BCUT2D eigenvalue weighted by atomic mass is 10.5. The van der Waals surface area contributed by atoms with Gasteiger partial charge in [0.1, 0.15) is 0 Å². The highest BCUT2D eigenvalue weighted by Crippen LogP contribution is 2.35. The van der Waals surface area contributed by atoms with Crippen molar-refractivity contribution in [3.63, 3.8) is 0 Å². The minimum Gasteiger partial charge on any atom is -0.478 e. The van der Waals surface area contributed by atoms with Gasteiger partial charge in [-0.2, -0.15) is 0 Å². The van der Waals surface area contributed by atoms with Gasteiger partial charge in [-0.15, -0.1) is 0 Å². The van der Waals surface area contributed by atoms with Crippen molar-refractivity contribution in [1.29, 1.82) is 0 Å². The molecule has 0 radical (unpaired) electrons. The molecule has 0 saturated heterocycles. The second-order valence-corrected chi connectivity index (χ2v) is 3.40. The molecule has 3 N–H and O–H groups in total. The van der Waals surface area contributed by atoms with Gasteiger partial charge < -0.3 is 14.9 Å². The molecule has 0 spiro atoms. The minimum absolute atomic E-state index is 0.115. The predicted molar refractivity (Wildman–Crippen MR) is 50.7 cm³/mol. The molecule has 0 aromatic heterocycles. The topological polar surface area (TPSA) is 104 Å². The van der Waals surface area contributed by atoms with Gasteiger partial charge in [-0.3, -0.25) is 4.52 Å². The van der Waals surface area contributed by atoms with Gasteiger partial charge in [-0.25, -0.2) is 9.36 Å². The molecule has 0 aromatic rings. The molecule has 0 atom stereocenters. The van der Waals surface area contributed by atoms with Gasteiger partial charge in [-0.05, 0) is 13.3 Å². The van der Waals surface area contributed by atoms with E-state index < -0.39 is 13.8 Å². The SMILES string of the molecule is CC=CC(=O)O.CCCOP(=O)(O)O. The molecule has 0 aliphatic heterocycles. The van der Waals surface area contributed by atoms with Crippen molar-refractivity contribution < 1.29 is 28.8 Å². The number of hydrogen-bond acceptors (Lipinski definition) is 3. The van der Waals surface area contributed by atoms with Gasteiger partial charge in [0.15, 0.2) is 0 Å². The van der Waals surface area contributed by atoms with Crippen LogP contribution in [0.25, 0.3) is 0 Å². The van der Waals surface area contributed by atoms with Gasteiger partial charge >= 0.3 is 13.8 Å². The molecular formula is C7H15O6P. The lowest BCUT2D eigenvalue weighted by Gasteiger charge is -2.00. The van der Waals surface area contributed by atoms with Crippen molar-refractivity contribution in [2.45, 2.75) is 20.3 Å². The van der Waals surface area contributed by atoms with E-state index in [0.29, 0.717) is 6.42 Å². The number of rotatable bonds is 4. The van der Waals surface area contributed by atoms with Crippen molar-refractivity contribution in [2.75, 3.05) is 6.61 Å². The number of aliphatic carboxylic acids is 1. The van der Waals surface area contributed by atoms with E-state index in [9.17, 15) is 9.36 Å². The van der Waals surface area contributed by atoms with Crippen LogP contribution >= 0.6 is 7.82 Å². The number of carbonyl (C=O) groups is 1. The van der Waals surface area contributed by atoms with Crippen LogP contribution in [-0.2, 0) is 13.9 Å². The quantitative estimate of drug-likeness (QED) is 0.490. The monoisotopic (exact) mass is 226 g/mol. The fraction of sp³-hybridized carbons (Fsp3) is 0.571. The summed E-state index contributed by atoms with van der Waals surface area (Å²) in [5.41, 5.74) is 0. The molecule has 6 nitrogen and oxygen atoms in total. The Balaban J connectivity index is 0. The molecule has 0 amide bonds. The Bertz CT molecular complexity index is 218. The highest BCUT2D eigenvalue weighted by Gasteiger charge is 2.11. The molecule has 84 valence electrons. The van der Waals surface area contributed by atoms with Gasteiger partial charge in [0.05, 0.1) is 6.61 Å². The van der Waals surface area contributed by atoms with Crippen LogP contribution in [0.3, 0.4) is 0 Å². The summed E-state index contributed by atoms with van der Waals surface area (Å²) in [7, 11) is -4.18. The van der Waals surface area contributed by atoms with E-state index in [1.807, 2.05) is 0 Å². The molecule has 0 rings (SSSR count). The van der Waals surface area contributed by atoms with Crippen LogP contribution in [0.15, 0.2) is 12.2 Å². The minimum atomic E-state index is -4.18. The summed E-state index contributed by atoms with van der Waals surface area (Å²) in [5, 5.41) is 7.83. The Hall–Kier alpha value is -0.680. The molecule has 0 aromatic carbocycles. The average molecular weight is 226 g/mol. The summed E-state index contributed by atoms with van der Waals surface area (Å²) in [6.07, 6.45) is 3.17. The molecule has 0 fully saturated rings. The zero-order valence-corrected chi connectivity index (χ0v) is 8.98. The molecule has 7 heteroatoms. The first-order chi connectivity index (χ1) is 6.33. The highest BCUT2D eigenvalue weighted by molar-refractivity contribution is 7.46. The third-order valence-electron chi connectivity index (χ3n) is 0.773. The van der Waals surface area contributed by atoms with E-state index >= 15 is 0 Å². The molecule has 0 bridgehead atoms. The molecule has 0 aliphatic rings. The fourth-order valence-corrected chi connectivity index (χ4v) is 0.773. The summed E-state index contributed by atoms with van der Waals surface area (Å²) >= 11 is 0. The summed E-state index contributed by atoms with van der Waals surface area (Å²) in [6.45, 7) is 3.55. The van der Waals surface area contributed by atoms with Crippen LogP contribution in [-0.4, -0.2) is 27.5 Å². The number of phosphoric acid groups is 1. The second-order valence-electron chi connectivity index (χ2n) is 2.16. The number of hydrogen-bond donors (Lipinski definition) is 3. The zero-order chi connectivity index (χ0) is 11.6. The maximum atomic E-state index is 9.86. The zero-order valence-electron chi connectivity index (χ0n) is 8.08. The highest BCUT2D eigenvalue weighted by atomic mass is 31.2. The number of allylic oxidation sites excluding steroid dienone is 1. The van der Waals surface area contributed by atoms with Crippen LogP contribution in [0.1, 0.15) is 20.3 Å². The summed E-state index contributed by atoms with van der Waals surface area (Å²) < 4.78 is 13.9. The summed E-state index contributed by atoms with van der Waals surface area (Å²) in [6, 6.07) is 0. The Morgan fingerprint density at radius 3 is 2.07 bits per heavy atom. The number of carboxylic acid groups (broad SMARTS) is 1. The maximum absolute atomic E-state index is 9.86. The normalized spacial score (nSPS) is 10.9. The lowest BCUT2D eigenvalue weighted by Crippen LogP contribution is -1.88. The molecule has 0 aliphatic carbocycles. The Labute approximate surface area is 82.5 Å². The average Bonchev–Trinajstić information content (AvgIpc) is 2.00. The van der Waals surface area contributed by atoms with Gasteiger partial charge in [-0.1, -0.05) is 13.0 Å². The number of phosphoric ester groups is 1. The molecule has 0 unspecified atom stereocenters. The van der Waals surface area contributed by atoms with Crippen molar-refractivity contribution in [2.24, 2.45) is 0 Å². The molecule has 14 heavy (non-hydrogen) atoms. The van der Waals surface area contributed by atoms with Crippen molar-refractivity contribution in [3.05, 3.63) is 12.2 Å². The van der Waals surface area contributed by atoms with Crippen molar-refractivity contribution in [3.8, 4) is 0 Å². The van der Waals surface area contributed by atoms with Crippen LogP contribution in [0.4, 0.5) is 0 Å². The number of carboxylic acids is 1. The lowest BCUT2D eigenvalue weighted by molar-refractivity contribution is -0.131.